The maximum absolute atomic E-state index is 12.5. The number of nitrogens with zero attached hydrogens (tertiary/aromatic N) is 4. The lowest BCUT2D eigenvalue weighted by Gasteiger charge is -2.14. The predicted molar refractivity (Wildman–Crippen MR) is 175 cm³/mol. The number of phenolic OH excluding ortho intramolecular Hbond substituents is 2. The van der Waals surface area contributed by atoms with Crippen molar-refractivity contribution in [1.82, 2.24) is 0 Å². The van der Waals surface area contributed by atoms with Crippen LogP contribution in [0.2, 0.25) is 0 Å². The van der Waals surface area contributed by atoms with Crippen molar-refractivity contribution in [2.75, 3.05) is 26.4 Å². The van der Waals surface area contributed by atoms with Crippen LogP contribution in [0.25, 0.3) is 10.8 Å². The molecule has 4 aromatic carbocycles. The van der Waals surface area contributed by atoms with E-state index in [1.807, 2.05) is 0 Å². The summed E-state index contributed by atoms with van der Waals surface area (Å²) in [5.74, 6) is -1.75. The lowest BCUT2D eigenvalue weighted by molar-refractivity contribution is -0.432. The Kier molecular flexibility index (Phi) is 14.0. The molecule has 26 heteroatoms. The molecule has 280 valence electrons. The molecule has 0 fully saturated rings. The fourth-order valence-electron chi connectivity index (χ4n) is 4.14. The first-order chi connectivity index (χ1) is 24.7. The van der Waals surface area contributed by atoms with Crippen LogP contribution in [0.5, 0.6) is 23.0 Å². The van der Waals surface area contributed by atoms with Gasteiger partial charge in [0.1, 0.15) is 52.4 Å². The van der Waals surface area contributed by atoms with Crippen LogP contribution in [-0.4, -0.2) is 83.3 Å². The van der Waals surface area contributed by atoms with Gasteiger partial charge in [-0.05, 0) is 47.9 Å². The molecule has 0 aliphatic rings. The van der Waals surface area contributed by atoms with Gasteiger partial charge in [-0.3, -0.25) is 9.11 Å². The van der Waals surface area contributed by atoms with E-state index in [4.69, 9.17) is 25.1 Å². The number of ether oxygens (including phenoxy) is 2. The average Bonchev–Trinajstić information content (AvgIpc) is 3.10. The molecule has 0 radical (unpaired) electrons. The molecule has 0 amide bonds. The number of azo groups is 2. The Morgan fingerprint density at radius 1 is 0.654 bits per heavy atom. The van der Waals surface area contributed by atoms with Crippen LogP contribution >= 0.6 is 24.1 Å². The van der Waals surface area contributed by atoms with Crippen molar-refractivity contribution < 1.29 is 85.1 Å². The molecule has 0 saturated carbocycles. The molecule has 0 spiro atoms. The molecular weight excluding hydrogens is 785 g/mol. The van der Waals surface area contributed by atoms with E-state index < -0.39 is 64.0 Å². The predicted octanol–water partition coefficient (Wildman–Crippen LogP) is 5.17. The van der Waals surface area contributed by atoms with Crippen LogP contribution in [0, 0.1) is 0 Å². The second kappa shape index (κ2) is 18.0. The first kappa shape index (κ1) is 40.5. The topological polar surface area (TPSA) is 335 Å². The highest BCUT2D eigenvalue weighted by molar-refractivity contribution is 7.95. The number of hydrogen-bond donors (Lipinski definition) is 8. The maximum atomic E-state index is 12.5. The summed E-state index contributed by atoms with van der Waals surface area (Å²) in [5, 5.41) is 80.0. The van der Waals surface area contributed by atoms with E-state index in [2.05, 4.69) is 39.2 Å². The highest BCUT2D eigenvalue weighted by atomic mass is 32.2. The molecule has 0 aliphatic carbocycles. The van der Waals surface area contributed by atoms with Crippen molar-refractivity contribution in [3.63, 3.8) is 0 Å². The Labute approximate surface area is 300 Å². The fourth-order valence-corrected chi connectivity index (χ4v) is 6.20. The minimum absolute atomic E-state index is 0.0320. The molecule has 8 N–H and O–H groups in total. The van der Waals surface area contributed by atoms with Crippen molar-refractivity contribution in [1.29, 1.82) is 0 Å². The van der Waals surface area contributed by atoms with Crippen LogP contribution in [0.4, 0.5) is 22.7 Å². The zero-order valence-electron chi connectivity index (χ0n) is 25.5. The minimum atomic E-state index is -5.25. The maximum Gasteiger partial charge on any atom is 0.296 e. The van der Waals surface area contributed by atoms with E-state index in [1.165, 1.54) is 18.2 Å². The average molecular weight is 809 g/mol. The van der Waals surface area contributed by atoms with Gasteiger partial charge in [0, 0.05) is 6.07 Å². The fraction of sp³-hybridized carbons (Fsp3) is 0.154. The van der Waals surface area contributed by atoms with E-state index in [-0.39, 0.29) is 82.9 Å². The number of phenols is 2. The van der Waals surface area contributed by atoms with Gasteiger partial charge in [-0.2, -0.15) is 16.8 Å². The lowest BCUT2D eigenvalue weighted by Crippen LogP contribution is -2.03. The third-order valence-corrected chi connectivity index (χ3v) is 9.21. The van der Waals surface area contributed by atoms with Gasteiger partial charge in [-0.25, -0.2) is 10.5 Å². The number of hydrogen-bond acceptors (Lipinski definition) is 22. The third kappa shape index (κ3) is 9.99. The van der Waals surface area contributed by atoms with Crippen LogP contribution in [0.1, 0.15) is 0 Å². The zero-order valence-corrected chi connectivity index (χ0v) is 28.8. The number of aromatic hydroxyl groups is 2. The van der Waals surface area contributed by atoms with Gasteiger partial charge in [0.15, 0.2) is 11.5 Å². The van der Waals surface area contributed by atoms with Crippen molar-refractivity contribution in [3.8, 4) is 23.0 Å². The molecule has 22 nitrogen and oxygen atoms in total. The van der Waals surface area contributed by atoms with Crippen molar-refractivity contribution >= 4 is 77.8 Å². The van der Waals surface area contributed by atoms with Gasteiger partial charge in [0.2, 0.25) is 0 Å². The Morgan fingerprint density at radius 3 is 1.90 bits per heavy atom. The first-order valence-electron chi connectivity index (χ1n) is 13.6. The summed E-state index contributed by atoms with van der Waals surface area (Å²) in [4.78, 5) is -2.15. The van der Waals surface area contributed by atoms with Gasteiger partial charge in [0.25, 0.3) is 20.2 Å². The van der Waals surface area contributed by atoms with Crippen LogP contribution in [0.15, 0.2) is 88.6 Å². The van der Waals surface area contributed by atoms with Crippen molar-refractivity contribution in [3.05, 3.63) is 48.5 Å². The summed E-state index contributed by atoms with van der Waals surface area (Å²) in [6, 6.07) is 8.72. The van der Waals surface area contributed by atoms with Gasteiger partial charge in [0.05, 0.1) is 57.4 Å². The molecule has 52 heavy (non-hydrogen) atoms. The van der Waals surface area contributed by atoms with Gasteiger partial charge >= 0.3 is 0 Å². The van der Waals surface area contributed by atoms with E-state index in [1.54, 1.807) is 0 Å². The Balaban J connectivity index is 1.96. The smallest absolute Gasteiger partial charge is 0.296 e. The molecule has 0 heterocycles. The molecule has 4 aromatic rings. The third-order valence-electron chi connectivity index (χ3n) is 6.22. The molecular formula is C26H24N4O18S4. The van der Waals surface area contributed by atoms with Gasteiger partial charge in [-0.1, -0.05) is 10.1 Å². The summed E-state index contributed by atoms with van der Waals surface area (Å²) in [6.45, 7) is -0.926. The number of aliphatic hydroxyl groups excluding tert-OH is 2. The monoisotopic (exact) mass is 808 g/mol. The Morgan fingerprint density at radius 2 is 1.27 bits per heavy atom. The SMILES string of the molecule is O=S(=O)(O)c1ccc(SOOO)c(N=Nc2c(S(=O)(=O)O)cc3cc(SOOO)c(N=Nc4cc(OCCO)ccc4OCCO)c(O)c3c2O)c1. The van der Waals surface area contributed by atoms with Crippen LogP contribution in [0.3, 0.4) is 0 Å². The molecule has 0 aromatic heterocycles. The molecule has 0 aliphatic heterocycles. The van der Waals surface area contributed by atoms with E-state index in [0.717, 1.165) is 30.3 Å². The second-order valence-corrected chi connectivity index (χ2v) is 13.7. The Bertz CT molecular complexity index is 2200. The standard InChI is InChI=1S/C26H24N4O18S4/c31-5-7-43-14-1-3-18(44-8-6-32)16(11-14)27-29-23-20(50-48-46-36)9-13-10-21(52(40,41)42)24(26(34)22(13)25(23)33)30-28-17-12-15(51(37,38)39)2-4-19(17)49-47-45-35/h1-4,9-12,31-36H,5-8H2,(H,37,38,39)(H,40,41,42). The highest BCUT2D eigenvalue weighted by Gasteiger charge is 2.27. The summed E-state index contributed by atoms with van der Waals surface area (Å²) < 4.78 is 87.5. The molecule has 0 saturated heterocycles. The zero-order chi connectivity index (χ0) is 38.1. The number of fused-ring (bicyclic) bond motifs is 1. The summed E-state index contributed by atoms with van der Waals surface area (Å²) in [7, 11) is -10.1. The summed E-state index contributed by atoms with van der Waals surface area (Å²) >= 11 is 0.502. The molecule has 0 atom stereocenters. The van der Waals surface area contributed by atoms with E-state index in [0.29, 0.717) is 0 Å². The minimum Gasteiger partial charge on any atom is -0.505 e. The molecule has 0 unspecified atom stereocenters. The van der Waals surface area contributed by atoms with E-state index >= 15 is 0 Å². The highest BCUT2D eigenvalue weighted by Crippen LogP contribution is 2.51. The second-order valence-electron chi connectivity index (χ2n) is 9.45. The van der Waals surface area contributed by atoms with Gasteiger partial charge < -0.3 is 29.9 Å². The first-order valence-corrected chi connectivity index (χ1v) is 18.0. The van der Waals surface area contributed by atoms with Crippen LogP contribution in [-0.2, 0) is 39.0 Å². The normalized spacial score (nSPS) is 12.3. The summed E-state index contributed by atoms with van der Waals surface area (Å²) in [6.07, 6.45) is 0. The lowest BCUT2D eigenvalue weighted by atomic mass is 10.1. The summed E-state index contributed by atoms with van der Waals surface area (Å²) in [5.41, 5.74) is -1.99. The van der Waals surface area contributed by atoms with Crippen molar-refractivity contribution in [2.24, 2.45) is 20.5 Å². The van der Waals surface area contributed by atoms with Gasteiger partial charge in [-0.15, -0.1) is 29.1 Å². The largest absolute Gasteiger partial charge is 0.505 e. The number of rotatable bonds is 18. The quantitative estimate of drug-likeness (QED) is 0.0211. The number of aliphatic hydroxyl groups is 2. The van der Waals surface area contributed by atoms with E-state index in [9.17, 15) is 41.3 Å². The number of benzene rings is 4. The molecule has 0 bridgehead atoms. The molecule has 4 rings (SSSR count). The Hall–Kier alpha value is -4.26. The van der Waals surface area contributed by atoms with Crippen LogP contribution < -0.4 is 9.47 Å². The van der Waals surface area contributed by atoms with Crippen molar-refractivity contribution in [2.45, 2.75) is 19.6 Å².